The summed E-state index contributed by atoms with van der Waals surface area (Å²) < 4.78 is 5.73. The molecule has 3 aromatic rings. The average Bonchev–Trinajstić information content (AvgIpc) is 3.15. The quantitative estimate of drug-likeness (QED) is 0.498. The number of fused-ring (bicyclic) bond motifs is 1. The Labute approximate surface area is 140 Å². The fraction of sp³-hybridized carbons (Fsp3) is 0.0667. The summed E-state index contributed by atoms with van der Waals surface area (Å²) in [6.07, 6.45) is 0. The van der Waals surface area contributed by atoms with E-state index in [1.54, 1.807) is 18.2 Å². The van der Waals surface area contributed by atoms with E-state index in [9.17, 15) is 4.79 Å². The number of carbonyl (C=O) groups excluding carboxylic acids is 1. The Hall–Kier alpha value is -2.51. The summed E-state index contributed by atoms with van der Waals surface area (Å²) in [6, 6.07) is 8.84. The smallest absolute Gasteiger partial charge is 0.276 e. The monoisotopic (exact) mass is 348 g/mol. The van der Waals surface area contributed by atoms with Crippen LogP contribution < -0.4 is 10.5 Å². The van der Waals surface area contributed by atoms with E-state index in [1.165, 1.54) is 18.4 Å². The van der Waals surface area contributed by atoms with Crippen LogP contribution in [-0.2, 0) is 0 Å². The Morgan fingerprint density at radius 2 is 2.22 bits per heavy atom. The fourth-order valence-corrected chi connectivity index (χ4v) is 2.93. The zero-order chi connectivity index (χ0) is 16.6. The summed E-state index contributed by atoms with van der Waals surface area (Å²) in [5, 5.41) is 11.2. The molecule has 2 aromatic heterocycles. The number of aromatic amines is 1. The van der Waals surface area contributed by atoms with Crippen molar-refractivity contribution in [2.45, 2.75) is 0 Å². The maximum Gasteiger partial charge on any atom is 0.276 e. The minimum Gasteiger partial charge on any atom is -0.447 e. The molecular formula is C15H13ClN4O2S. The number of rotatable bonds is 3. The van der Waals surface area contributed by atoms with Gasteiger partial charge in [0.2, 0.25) is 0 Å². The number of nitrogens with zero attached hydrogens (tertiary/aromatic N) is 1. The number of ether oxygens (including phenoxy) is 1. The SMILES string of the molecule is CN(C(=N)N)C(=O)c1cc2c(Cl)cc(Oc3cccs3)cc2[nH]1. The molecular weight excluding hydrogens is 336 g/mol. The highest BCUT2D eigenvalue weighted by molar-refractivity contribution is 7.11. The highest BCUT2D eigenvalue weighted by Gasteiger charge is 2.18. The van der Waals surface area contributed by atoms with Gasteiger partial charge in [0.05, 0.1) is 10.5 Å². The molecule has 0 spiro atoms. The topological polar surface area (TPSA) is 95.2 Å². The minimum atomic E-state index is -0.412. The van der Waals surface area contributed by atoms with E-state index in [-0.39, 0.29) is 5.96 Å². The lowest BCUT2D eigenvalue weighted by molar-refractivity contribution is 0.0864. The Kier molecular flexibility index (Phi) is 3.97. The molecule has 0 aliphatic heterocycles. The first kappa shape index (κ1) is 15.4. The van der Waals surface area contributed by atoms with Crippen molar-refractivity contribution in [3.63, 3.8) is 0 Å². The summed E-state index contributed by atoms with van der Waals surface area (Å²) in [5.74, 6) is -0.169. The van der Waals surface area contributed by atoms with E-state index in [1.807, 2.05) is 17.5 Å². The summed E-state index contributed by atoms with van der Waals surface area (Å²) in [6.45, 7) is 0. The van der Waals surface area contributed by atoms with Crippen molar-refractivity contribution in [1.29, 1.82) is 5.41 Å². The number of benzene rings is 1. The number of hydrogen-bond donors (Lipinski definition) is 3. The standard InChI is InChI=1S/C15H13ClN4O2S/c1-20(15(17)18)14(21)12-7-9-10(16)5-8(6-11(9)19-12)22-13-3-2-4-23-13/h2-7,19H,1H3,(H3,17,18). The van der Waals surface area contributed by atoms with Crippen LogP contribution in [-0.4, -0.2) is 28.8 Å². The molecule has 0 aliphatic carbocycles. The van der Waals surface area contributed by atoms with Gasteiger partial charge < -0.3 is 15.5 Å². The van der Waals surface area contributed by atoms with Crippen molar-refractivity contribution in [2.24, 2.45) is 5.73 Å². The molecule has 23 heavy (non-hydrogen) atoms. The first-order valence-electron chi connectivity index (χ1n) is 6.61. The summed E-state index contributed by atoms with van der Waals surface area (Å²) >= 11 is 7.75. The maximum atomic E-state index is 12.2. The molecule has 0 fully saturated rings. The van der Waals surface area contributed by atoms with Gasteiger partial charge in [-0.25, -0.2) is 0 Å². The van der Waals surface area contributed by atoms with E-state index >= 15 is 0 Å². The average molecular weight is 349 g/mol. The second kappa shape index (κ2) is 5.94. The molecule has 1 aromatic carbocycles. The van der Waals surface area contributed by atoms with Gasteiger partial charge in [-0.3, -0.25) is 15.1 Å². The molecule has 0 aliphatic rings. The number of guanidine groups is 1. The highest BCUT2D eigenvalue weighted by atomic mass is 35.5. The van der Waals surface area contributed by atoms with Gasteiger partial charge in [0.1, 0.15) is 11.4 Å². The third kappa shape index (κ3) is 3.01. The van der Waals surface area contributed by atoms with Gasteiger partial charge in [0.25, 0.3) is 5.91 Å². The lowest BCUT2D eigenvalue weighted by Gasteiger charge is -2.12. The minimum absolute atomic E-state index is 0.299. The molecule has 8 heteroatoms. The third-order valence-electron chi connectivity index (χ3n) is 3.27. The predicted molar refractivity (Wildman–Crippen MR) is 91.7 cm³/mol. The zero-order valence-corrected chi connectivity index (χ0v) is 13.7. The molecule has 0 radical (unpaired) electrons. The van der Waals surface area contributed by atoms with Crippen LogP contribution in [0, 0.1) is 5.41 Å². The van der Waals surface area contributed by atoms with Crippen LogP contribution in [0.1, 0.15) is 10.5 Å². The van der Waals surface area contributed by atoms with E-state index in [4.69, 9.17) is 27.5 Å². The van der Waals surface area contributed by atoms with Crippen LogP contribution in [0.4, 0.5) is 0 Å². The van der Waals surface area contributed by atoms with Crippen molar-refractivity contribution in [1.82, 2.24) is 9.88 Å². The Morgan fingerprint density at radius 1 is 1.43 bits per heavy atom. The third-order valence-corrected chi connectivity index (χ3v) is 4.33. The molecule has 0 atom stereocenters. The summed E-state index contributed by atoms with van der Waals surface area (Å²) in [5.41, 5.74) is 6.30. The van der Waals surface area contributed by atoms with Crippen LogP contribution in [0.5, 0.6) is 10.8 Å². The fourth-order valence-electron chi connectivity index (χ4n) is 2.07. The van der Waals surface area contributed by atoms with Crippen LogP contribution in [0.25, 0.3) is 10.9 Å². The number of nitrogens with two attached hydrogens (primary N) is 1. The second-order valence-corrected chi connectivity index (χ2v) is 6.15. The van der Waals surface area contributed by atoms with Gasteiger partial charge in [0, 0.05) is 24.6 Å². The van der Waals surface area contributed by atoms with Crippen molar-refractivity contribution in [3.05, 3.63) is 46.4 Å². The number of nitrogens with one attached hydrogen (secondary N) is 2. The van der Waals surface area contributed by atoms with E-state index < -0.39 is 5.91 Å². The van der Waals surface area contributed by atoms with Gasteiger partial charge in [-0.05, 0) is 23.6 Å². The lowest BCUT2D eigenvalue weighted by atomic mass is 10.2. The Morgan fingerprint density at radius 3 is 2.87 bits per heavy atom. The van der Waals surface area contributed by atoms with Crippen molar-refractivity contribution < 1.29 is 9.53 Å². The number of aromatic nitrogens is 1. The van der Waals surface area contributed by atoms with Crippen LogP contribution in [0.15, 0.2) is 35.7 Å². The van der Waals surface area contributed by atoms with E-state index in [2.05, 4.69) is 4.98 Å². The molecule has 0 unspecified atom stereocenters. The number of H-pyrrole nitrogens is 1. The second-order valence-electron chi connectivity index (χ2n) is 4.83. The Balaban J connectivity index is 1.97. The number of amides is 1. The van der Waals surface area contributed by atoms with Crippen LogP contribution in [0.3, 0.4) is 0 Å². The number of halogens is 1. The van der Waals surface area contributed by atoms with Crippen LogP contribution in [0.2, 0.25) is 5.02 Å². The number of thiophene rings is 1. The first-order chi connectivity index (χ1) is 11.0. The molecule has 3 rings (SSSR count). The maximum absolute atomic E-state index is 12.2. The molecule has 6 nitrogen and oxygen atoms in total. The number of carbonyl (C=O) groups is 1. The van der Waals surface area contributed by atoms with Gasteiger partial charge in [-0.1, -0.05) is 11.6 Å². The van der Waals surface area contributed by atoms with Crippen molar-refractivity contribution in [3.8, 4) is 10.8 Å². The van der Waals surface area contributed by atoms with E-state index in [0.29, 0.717) is 27.4 Å². The number of hydrogen-bond acceptors (Lipinski definition) is 4. The molecule has 1 amide bonds. The zero-order valence-electron chi connectivity index (χ0n) is 12.1. The normalized spacial score (nSPS) is 10.7. The summed E-state index contributed by atoms with van der Waals surface area (Å²) in [4.78, 5) is 16.2. The van der Waals surface area contributed by atoms with Gasteiger partial charge in [-0.15, -0.1) is 11.3 Å². The largest absolute Gasteiger partial charge is 0.447 e. The Bertz CT molecular complexity index is 888. The van der Waals surface area contributed by atoms with Crippen molar-refractivity contribution in [2.75, 3.05) is 7.05 Å². The van der Waals surface area contributed by atoms with Crippen molar-refractivity contribution >= 4 is 45.7 Å². The lowest BCUT2D eigenvalue weighted by Crippen LogP contribution is -2.38. The first-order valence-corrected chi connectivity index (χ1v) is 7.87. The predicted octanol–water partition coefficient (Wildman–Crippen LogP) is 3.64. The summed E-state index contributed by atoms with van der Waals surface area (Å²) in [7, 11) is 1.43. The van der Waals surface area contributed by atoms with Crippen LogP contribution >= 0.6 is 22.9 Å². The van der Waals surface area contributed by atoms with Gasteiger partial charge >= 0.3 is 0 Å². The molecule has 0 saturated carbocycles. The van der Waals surface area contributed by atoms with E-state index in [0.717, 1.165) is 9.96 Å². The highest BCUT2D eigenvalue weighted by Crippen LogP contribution is 2.33. The molecule has 4 N–H and O–H groups in total. The molecule has 0 saturated heterocycles. The van der Waals surface area contributed by atoms with Gasteiger partial charge in [0.15, 0.2) is 11.0 Å². The molecule has 118 valence electrons. The van der Waals surface area contributed by atoms with Gasteiger partial charge in [-0.2, -0.15) is 0 Å². The molecule has 0 bridgehead atoms. The molecule has 2 heterocycles.